The Kier molecular flexibility index (Phi) is 6.03. The zero-order valence-corrected chi connectivity index (χ0v) is 20.0. The first-order chi connectivity index (χ1) is 17.7. The van der Waals surface area contributed by atoms with Crippen molar-refractivity contribution in [2.24, 2.45) is 0 Å². The summed E-state index contributed by atoms with van der Waals surface area (Å²) in [5.74, 6) is 0.153. The Labute approximate surface area is 210 Å². The number of piperazine rings is 1. The summed E-state index contributed by atoms with van der Waals surface area (Å²) in [6.45, 7) is 4.32. The zero-order chi connectivity index (χ0) is 26.3. The van der Waals surface area contributed by atoms with Crippen molar-refractivity contribution in [2.45, 2.75) is 32.1 Å². The number of anilines is 1. The smallest absolute Gasteiger partial charge is 0.349 e. The molecule has 0 unspecified atom stereocenters. The molecule has 0 aliphatic carbocycles. The third kappa shape index (κ3) is 4.35. The fraction of sp³-hybridized carbons (Fsp3) is 0.269. The average Bonchev–Trinajstić information content (AvgIpc) is 3.31. The molecule has 5 rings (SSSR count). The summed E-state index contributed by atoms with van der Waals surface area (Å²) in [6.07, 6.45) is -1.16. The van der Waals surface area contributed by atoms with Gasteiger partial charge in [0.2, 0.25) is 0 Å². The van der Waals surface area contributed by atoms with Gasteiger partial charge in [-0.25, -0.2) is 15.0 Å². The number of nitriles is 1. The molecular formula is C26H22F3N7O. The average molecular weight is 506 g/mol. The second-order valence-electron chi connectivity index (χ2n) is 8.99. The molecule has 1 aliphatic heterocycles. The quantitative estimate of drug-likeness (QED) is 0.409. The lowest BCUT2D eigenvalue weighted by molar-refractivity contribution is -0.136. The maximum atomic E-state index is 14.3. The van der Waals surface area contributed by atoms with E-state index in [0.717, 1.165) is 6.20 Å². The number of hydrogen-bond acceptors (Lipinski definition) is 6. The molecule has 1 fully saturated rings. The lowest BCUT2D eigenvalue weighted by Crippen LogP contribution is -2.58. The van der Waals surface area contributed by atoms with Crippen LogP contribution in [0.5, 0.6) is 0 Å². The molecule has 0 radical (unpaired) electrons. The van der Waals surface area contributed by atoms with Gasteiger partial charge in [-0.2, -0.15) is 18.4 Å². The van der Waals surface area contributed by atoms with Crippen LogP contribution in [0.25, 0.3) is 16.9 Å². The van der Waals surface area contributed by atoms with Gasteiger partial charge in [0.15, 0.2) is 5.65 Å². The van der Waals surface area contributed by atoms with Crippen LogP contribution in [0.2, 0.25) is 0 Å². The van der Waals surface area contributed by atoms with Gasteiger partial charge in [-0.3, -0.25) is 9.36 Å². The minimum Gasteiger partial charge on any atom is -0.349 e. The highest BCUT2D eigenvalue weighted by Crippen LogP contribution is 2.41. The standard InChI is InChI=1S/C26H22F3N7O/c1-16-13-35(25(37)19-6-4-3-5-7-19)17(2)12-34(16)23-22-20(26(27,28)29)14-36(24(22)33-15-32-23)21-10-18(11-30)8-9-31-21/h3-10,14-17H,12-13H2,1-2H3/t16-,17+/m0/s1. The molecule has 0 saturated carbocycles. The number of nitrogens with zero attached hydrogens (tertiary/aromatic N) is 7. The molecule has 1 aliphatic rings. The number of pyridine rings is 1. The van der Waals surface area contributed by atoms with Crippen molar-refractivity contribution in [3.63, 3.8) is 0 Å². The van der Waals surface area contributed by atoms with Crippen molar-refractivity contribution < 1.29 is 18.0 Å². The van der Waals surface area contributed by atoms with E-state index in [1.165, 1.54) is 29.2 Å². The molecule has 2 atom stereocenters. The minimum absolute atomic E-state index is 0.0301. The number of aromatic nitrogens is 4. The van der Waals surface area contributed by atoms with Gasteiger partial charge in [0.1, 0.15) is 18.0 Å². The van der Waals surface area contributed by atoms with Gasteiger partial charge < -0.3 is 9.80 Å². The van der Waals surface area contributed by atoms with Crippen molar-refractivity contribution in [1.29, 1.82) is 5.26 Å². The van der Waals surface area contributed by atoms with Crippen LogP contribution in [-0.2, 0) is 6.18 Å². The topological polar surface area (TPSA) is 90.9 Å². The molecule has 1 amide bonds. The van der Waals surface area contributed by atoms with E-state index in [0.29, 0.717) is 12.1 Å². The molecule has 188 valence electrons. The first-order valence-corrected chi connectivity index (χ1v) is 11.6. The van der Waals surface area contributed by atoms with E-state index in [4.69, 9.17) is 0 Å². The number of benzene rings is 1. The predicted octanol–water partition coefficient (Wildman–Crippen LogP) is 4.45. The molecule has 37 heavy (non-hydrogen) atoms. The van der Waals surface area contributed by atoms with Gasteiger partial charge in [0.05, 0.1) is 22.6 Å². The highest BCUT2D eigenvalue weighted by atomic mass is 19.4. The lowest BCUT2D eigenvalue weighted by atomic mass is 10.1. The van der Waals surface area contributed by atoms with Gasteiger partial charge in [0.25, 0.3) is 5.91 Å². The molecule has 11 heteroatoms. The SMILES string of the molecule is C[C@@H]1CN(c2ncnc3c2c(C(F)(F)F)cn3-c2cc(C#N)ccn2)[C@@H](C)CN1C(=O)c1ccccc1. The second kappa shape index (κ2) is 9.20. The van der Waals surface area contributed by atoms with Crippen LogP contribution in [0.4, 0.5) is 19.0 Å². The fourth-order valence-corrected chi connectivity index (χ4v) is 4.72. The largest absolute Gasteiger partial charge is 0.418 e. The minimum atomic E-state index is -4.68. The third-order valence-corrected chi connectivity index (χ3v) is 6.53. The number of fused-ring (bicyclic) bond motifs is 1. The number of amides is 1. The summed E-state index contributed by atoms with van der Waals surface area (Å²) in [6, 6.07) is 13.2. The first kappa shape index (κ1) is 24.2. The molecule has 8 nitrogen and oxygen atoms in total. The van der Waals surface area contributed by atoms with E-state index >= 15 is 0 Å². The molecule has 1 saturated heterocycles. The van der Waals surface area contributed by atoms with E-state index in [9.17, 15) is 23.2 Å². The van der Waals surface area contributed by atoms with Gasteiger partial charge >= 0.3 is 6.18 Å². The van der Waals surface area contributed by atoms with Gasteiger partial charge in [0, 0.05) is 43.1 Å². The Morgan fingerprint density at radius 1 is 1.05 bits per heavy atom. The highest BCUT2D eigenvalue weighted by molar-refractivity contribution is 5.95. The summed E-state index contributed by atoms with van der Waals surface area (Å²) >= 11 is 0. The van der Waals surface area contributed by atoms with Crippen molar-refractivity contribution in [1.82, 2.24) is 24.4 Å². The molecule has 4 aromatic rings. The molecule has 0 N–H and O–H groups in total. The van der Waals surface area contributed by atoms with Crippen LogP contribution in [0.3, 0.4) is 0 Å². The Balaban J connectivity index is 1.58. The molecule has 0 bridgehead atoms. The number of carbonyl (C=O) groups excluding carboxylic acids is 1. The predicted molar refractivity (Wildman–Crippen MR) is 130 cm³/mol. The monoisotopic (exact) mass is 505 g/mol. The zero-order valence-electron chi connectivity index (χ0n) is 20.0. The van der Waals surface area contributed by atoms with Crippen LogP contribution in [0.15, 0.2) is 61.2 Å². The van der Waals surface area contributed by atoms with Gasteiger partial charge in [-0.1, -0.05) is 18.2 Å². The second-order valence-corrected chi connectivity index (χ2v) is 8.99. The molecule has 4 heterocycles. The van der Waals surface area contributed by atoms with Crippen LogP contribution >= 0.6 is 0 Å². The molecule has 0 spiro atoms. The Morgan fingerprint density at radius 2 is 1.81 bits per heavy atom. The van der Waals surface area contributed by atoms with Crippen molar-refractivity contribution in [2.75, 3.05) is 18.0 Å². The fourth-order valence-electron chi connectivity index (χ4n) is 4.72. The molecular weight excluding hydrogens is 483 g/mol. The Bertz CT molecular complexity index is 1510. The van der Waals surface area contributed by atoms with E-state index in [1.54, 1.807) is 34.1 Å². The first-order valence-electron chi connectivity index (χ1n) is 11.6. The molecule has 1 aromatic carbocycles. The number of carbonyl (C=O) groups is 1. The summed E-state index contributed by atoms with van der Waals surface area (Å²) < 4.78 is 44.0. The van der Waals surface area contributed by atoms with E-state index in [-0.39, 0.29) is 52.8 Å². The van der Waals surface area contributed by atoms with E-state index < -0.39 is 11.7 Å². The van der Waals surface area contributed by atoms with Crippen molar-refractivity contribution >= 4 is 22.8 Å². The summed E-state index contributed by atoms with van der Waals surface area (Å²) in [7, 11) is 0. The third-order valence-electron chi connectivity index (χ3n) is 6.53. The van der Waals surface area contributed by atoms with Gasteiger partial charge in [-0.05, 0) is 38.1 Å². The number of alkyl halides is 3. The van der Waals surface area contributed by atoms with Crippen molar-refractivity contribution in [3.05, 3.63) is 77.9 Å². The lowest BCUT2D eigenvalue weighted by Gasteiger charge is -2.45. The van der Waals surface area contributed by atoms with Crippen LogP contribution in [0.1, 0.15) is 35.3 Å². The Morgan fingerprint density at radius 3 is 2.51 bits per heavy atom. The van der Waals surface area contributed by atoms with Crippen LogP contribution < -0.4 is 4.90 Å². The number of rotatable bonds is 3. The summed E-state index contributed by atoms with van der Waals surface area (Å²) in [5.41, 5.74) is -0.0493. The molecule has 3 aromatic heterocycles. The van der Waals surface area contributed by atoms with Crippen LogP contribution in [-0.4, -0.2) is 55.5 Å². The maximum Gasteiger partial charge on any atom is 0.418 e. The van der Waals surface area contributed by atoms with Crippen LogP contribution in [0, 0.1) is 11.3 Å². The van der Waals surface area contributed by atoms with E-state index in [1.807, 2.05) is 26.0 Å². The Hall–Kier alpha value is -4.46. The number of halogens is 3. The summed E-state index contributed by atoms with van der Waals surface area (Å²) in [4.78, 5) is 29.2. The normalized spacial score (nSPS) is 18.2. The van der Waals surface area contributed by atoms with E-state index in [2.05, 4.69) is 15.0 Å². The maximum absolute atomic E-state index is 14.3. The summed E-state index contributed by atoms with van der Waals surface area (Å²) in [5, 5.41) is 9.08. The van der Waals surface area contributed by atoms with Gasteiger partial charge in [-0.15, -0.1) is 0 Å². The van der Waals surface area contributed by atoms with Crippen molar-refractivity contribution in [3.8, 4) is 11.9 Å². The number of hydrogen-bond donors (Lipinski definition) is 0. The highest BCUT2D eigenvalue weighted by Gasteiger charge is 2.40.